The van der Waals surface area contributed by atoms with Crippen LogP contribution in [0.3, 0.4) is 0 Å². The molecule has 0 aliphatic carbocycles. The summed E-state index contributed by atoms with van der Waals surface area (Å²) in [6.45, 7) is 2.27. The van der Waals surface area contributed by atoms with Gasteiger partial charge in [-0.25, -0.2) is 0 Å². The van der Waals surface area contributed by atoms with Gasteiger partial charge in [-0.05, 0) is 6.42 Å². The zero-order valence-electron chi connectivity index (χ0n) is 25.1. The molecular formula is C30H58N2O5S2. The maximum Gasteiger partial charge on any atom is 0.324 e. The lowest BCUT2D eigenvalue weighted by Crippen LogP contribution is -2.45. The van der Waals surface area contributed by atoms with Crippen LogP contribution in [0.5, 0.6) is 0 Å². The summed E-state index contributed by atoms with van der Waals surface area (Å²) in [6, 6.07) is -1.84. The minimum Gasteiger partial charge on any atom is -0.468 e. The molecule has 3 atom stereocenters. The highest BCUT2D eigenvalue weighted by molar-refractivity contribution is 8.77. The third-order valence-corrected chi connectivity index (χ3v) is 9.90. The van der Waals surface area contributed by atoms with Gasteiger partial charge in [-0.3, -0.25) is 14.4 Å². The van der Waals surface area contributed by atoms with Gasteiger partial charge in [-0.1, -0.05) is 144 Å². The normalized spacial score (nSPS) is 13.6. The number of Topliss-reactive ketones (excluding diaryl/α,β-unsaturated/α-hetero) is 1. The molecule has 0 saturated heterocycles. The highest BCUT2D eigenvalue weighted by Crippen LogP contribution is 2.31. The first kappa shape index (κ1) is 38.2. The van der Waals surface area contributed by atoms with Gasteiger partial charge in [-0.15, -0.1) is 0 Å². The number of unbranched alkanes of at least 4 members (excludes halogenated alkanes) is 18. The molecule has 0 aromatic rings. The third-order valence-electron chi connectivity index (χ3n) is 7.07. The molecule has 7 nitrogen and oxygen atoms in total. The Kier molecular flexibility index (Phi) is 26.9. The minimum atomic E-state index is -1.05. The van der Waals surface area contributed by atoms with Crippen LogP contribution in [-0.4, -0.2) is 55.0 Å². The molecule has 0 rings (SSSR count). The van der Waals surface area contributed by atoms with Gasteiger partial charge in [0.2, 0.25) is 0 Å². The van der Waals surface area contributed by atoms with Gasteiger partial charge in [0.15, 0.2) is 0 Å². The molecule has 39 heavy (non-hydrogen) atoms. The van der Waals surface area contributed by atoms with Gasteiger partial charge in [-0.2, -0.15) is 0 Å². The monoisotopic (exact) mass is 590 g/mol. The van der Waals surface area contributed by atoms with E-state index in [0.29, 0.717) is 6.42 Å². The van der Waals surface area contributed by atoms with E-state index < -0.39 is 29.3 Å². The van der Waals surface area contributed by atoms with E-state index in [1.807, 2.05) is 0 Å². The van der Waals surface area contributed by atoms with E-state index in [1.54, 1.807) is 0 Å². The number of carbonyl (C=O) groups is 3. The van der Waals surface area contributed by atoms with Gasteiger partial charge in [0.25, 0.3) is 0 Å². The molecule has 0 aliphatic rings. The second-order valence-corrected chi connectivity index (χ2v) is 13.1. The molecule has 0 saturated carbocycles. The van der Waals surface area contributed by atoms with E-state index >= 15 is 0 Å². The predicted octanol–water partition coefficient (Wildman–Crippen LogP) is 7.13. The number of ketones is 1. The van der Waals surface area contributed by atoms with Crippen molar-refractivity contribution in [2.75, 3.05) is 20.0 Å². The highest BCUT2D eigenvalue weighted by Gasteiger charge is 2.32. The van der Waals surface area contributed by atoms with Crippen LogP contribution in [0, 0.1) is 0 Å². The van der Waals surface area contributed by atoms with Crippen molar-refractivity contribution in [2.45, 2.75) is 153 Å². The number of methoxy groups -OCH3 is 2. The standard InChI is InChI=1S/C30H58N2O5S2/c1-4-5-6-7-8-9-10-11-12-13-14-15-16-17-18-19-20-21-22-23-26(33)28(27(32)30(35)37-3)39-38-24-25(31)29(34)36-2/h25,27-28H,4-24,31-32H2,1-3H3/t25-,27-,28?/m0/s1. The van der Waals surface area contributed by atoms with Crippen molar-refractivity contribution in [2.24, 2.45) is 11.5 Å². The van der Waals surface area contributed by atoms with Crippen LogP contribution in [0.4, 0.5) is 0 Å². The van der Waals surface area contributed by atoms with Crippen molar-refractivity contribution in [1.82, 2.24) is 0 Å². The van der Waals surface area contributed by atoms with Crippen molar-refractivity contribution in [3.05, 3.63) is 0 Å². The van der Waals surface area contributed by atoms with Gasteiger partial charge in [0, 0.05) is 12.2 Å². The maximum absolute atomic E-state index is 12.8. The topological polar surface area (TPSA) is 122 Å². The fourth-order valence-electron chi connectivity index (χ4n) is 4.50. The zero-order valence-corrected chi connectivity index (χ0v) is 26.7. The van der Waals surface area contributed by atoms with E-state index in [9.17, 15) is 14.4 Å². The molecule has 0 heterocycles. The summed E-state index contributed by atoms with van der Waals surface area (Å²) in [4.78, 5) is 36.2. The Balaban J connectivity index is 3.83. The molecule has 0 bridgehead atoms. The number of nitrogens with two attached hydrogens (primary N) is 2. The highest BCUT2D eigenvalue weighted by atomic mass is 33.1. The number of ether oxygens (including phenoxy) is 2. The van der Waals surface area contributed by atoms with Crippen molar-refractivity contribution in [3.63, 3.8) is 0 Å². The number of hydrogen-bond acceptors (Lipinski definition) is 9. The van der Waals surface area contributed by atoms with Crippen LogP contribution >= 0.6 is 21.6 Å². The Bertz CT molecular complexity index is 624. The van der Waals surface area contributed by atoms with Gasteiger partial charge < -0.3 is 20.9 Å². The largest absolute Gasteiger partial charge is 0.468 e. The summed E-state index contributed by atoms with van der Waals surface area (Å²) in [5, 5.41) is -0.733. The van der Waals surface area contributed by atoms with Crippen LogP contribution in [0.1, 0.15) is 135 Å². The summed E-state index contributed by atoms with van der Waals surface area (Å²) in [5.41, 5.74) is 11.7. The lowest BCUT2D eigenvalue weighted by atomic mass is 10.0. The summed E-state index contributed by atoms with van der Waals surface area (Å²) in [7, 11) is 4.96. The van der Waals surface area contributed by atoms with Crippen molar-refractivity contribution in [1.29, 1.82) is 0 Å². The smallest absolute Gasteiger partial charge is 0.324 e. The Morgan fingerprint density at radius 3 is 1.38 bits per heavy atom. The molecule has 230 valence electrons. The minimum absolute atomic E-state index is 0.0657. The van der Waals surface area contributed by atoms with E-state index in [4.69, 9.17) is 16.2 Å². The molecule has 1 unspecified atom stereocenters. The van der Waals surface area contributed by atoms with Crippen molar-refractivity contribution < 1.29 is 23.9 Å². The van der Waals surface area contributed by atoms with E-state index in [0.717, 1.165) is 19.3 Å². The fourth-order valence-corrected chi connectivity index (χ4v) is 7.26. The van der Waals surface area contributed by atoms with Crippen LogP contribution in [0.2, 0.25) is 0 Å². The first-order chi connectivity index (χ1) is 18.9. The quantitative estimate of drug-likeness (QED) is 0.0556. The van der Waals surface area contributed by atoms with Gasteiger partial charge >= 0.3 is 11.9 Å². The Labute approximate surface area is 246 Å². The molecule has 0 fully saturated rings. The van der Waals surface area contributed by atoms with Crippen LogP contribution < -0.4 is 11.5 Å². The fraction of sp³-hybridized carbons (Fsp3) is 0.900. The average molecular weight is 591 g/mol. The molecule has 9 heteroatoms. The molecule has 4 N–H and O–H groups in total. The van der Waals surface area contributed by atoms with E-state index in [-0.39, 0.29) is 11.5 Å². The lowest BCUT2D eigenvalue weighted by Gasteiger charge is -2.20. The Morgan fingerprint density at radius 2 is 1.00 bits per heavy atom. The second kappa shape index (κ2) is 27.4. The number of carbonyl (C=O) groups excluding carboxylic acids is 3. The maximum atomic E-state index is 12.8. The number of esters is 2. The van der Waals surface area contributed by atoms with Gasteiger partial charge in [0.1, 0.15) is 17.9 Å². The molecule has 0 radical (unpaired) electrons. The number of hydrogen-bond donors (Lipinski definition) is 2. The third kappa shape index (κ3) is 21.6. The molecule has 0 spiro atoms. The molecule has 0 amide bonds. The summed E-state index contributed by atoms with van der Waals surface area (Å²) in [6.07, 6.45) is 25.1. The lowest BCUT2D eigenvalue weighted by molar-refractivity contribution is -0.143. The van der Waals surface area contributed by atoms with Crippen LogP contribution in [0.15, 0.2) is 0 Å². The molecule has 0 aromatic heterocycles. The SMILES string of the molecule is CCCCCCCCCCCCCCCCCCCCCC(=O)C(SSC[C@H](N)C(=O)OC)[C@H](N)C(=O)OC. The van der Waals surface area contributed by atoms with E-state index in [1.165, 1.54) is 139 Å². The molecular weight excluding hydrogens is 532 g/mol. The number of rotatable bonds is 28. The Morgan fingerprint density at radius 1 is 0.615 bits per heavy atom. The summed E-state index contributed by atoms with van der Waals surface area (Å²) in [5.74, 6) is -0.943. The first-order valence-electron chi connectivity index (χ1n) is 15.4. The zero-order chi connectivity index (χ0) is 29.1. The van der Waals surface area contributed by atoms with Gasteiger partial charge in [0.05, 0.1) is 19.5 Å². The van der Waals surface area contributed by atoms with E-state index in [2.05, 4.69) is 11.7 Å². The summed E-state index contributed by atoms with van der Waals surface area (Å²) < 4.78 is 9.35. The molecule has 0 aliphatic heterocycles. The average Bonchev–Trinajstić information content (AvgIpc) is 2.94. The Hall–Kier alpha value is -0.770. The van der Waals surface area contributed by atoms with Crippen molar-refractivity contribution >= 4 is 39.3 Å². The summed E-state index contributed by atoms with van der Waals surface area (Å²) >= 11 is 0. The first-order valence-corrected chi connectivity index (χ1v) is 17.7. The van der Waals surface area contributed by atoms with Crippen LogP contribution in [0.25, 0.3) is 0 Å². The second-order valence-electron chi connectivity index (χ2n) is 10.6. The van der Waals surface area contributed by atoms with Crippen LogP contribution in [-0.2, 0) is 23.9 Å². The predicted molar refractivity (Wildman–Crippen MR) is 167 cm³/mol. The van der Waals surface area contributed by atoms with Crippen molar-refractivity contribution in [3.8, 4) is 0 Å². The molecule has 0 aromatic carbocycles.